The van der Waals surface area contributed by atoms with Crippen LogP contribution in [-0.2, 0) is 13.0 Å². The van der Waals surface area contributed by atoms with E-state index in [1.165, 1.54) is 22.2 Å². The Morgan fingerprint density at radius 2 is 2.12 bits per heavy atom. The van der Waals surface area contributed by atoms with E-state index < -0.39 is 0 Å². The quantitative estimate of drug-likeness (QED) is 0.708. The summed E-state index contributed by atoms with van der Waals surface area (Å²) in [4.78, 5) is 16.6. The Morgan fingerprint density at radius 3 is 2.92 bits per heavy atom. The van der Waals surface area contributed by atoms with Gasteiger partial charge in [-0.3, -0.25) is 4.90 Å². The van der Waals surface area contributed by atoms with Crippen molar-refractivity contribution in [3.63, 3.8) is 0 Å². The first-order chi connectivity index (χ1) is 12.7. The number of aromatic nitrogens is 4. The molecule has 0 saturated carbocycles. The molecule has 2 fully saturated rings. The molecule has 26 heavy (non-hydrogen) atoms. The maximum absolute atomic E-state index is 4.64. The smallest absolute Gasteiger partial charge is 0.140 e. The van der Waals surface area contributed by atoms with Crippen LogP contribution >= 0.6 is 11.3 Å². The Hall–Kier alpha value is -2.12. The maximum atomic E-state index is 4.64. The Balaban J connectivity index is 1.29. The summed E-state index contributed by atoms with van der Waals surface area (Å²) < 4.78 is 0. The molecule has 0 amide bonds. The number of anilines is 1. The van der Waals surface area contributed by atoms with Gasteiger partial charge in [0.15, 0.2) is 0 Å². The molecule has 7 heteroatoms. The van der Waals surface area contributed by atoms with E-state index in [-0.39, 0.29) is 0 Å². The Kier molecular flexibility index (Phi) is 3.86. The molecule has 0 aliphatic carbocycles. The summed E-state index contributed by atoms with van der Waals surface area (Å²) in [7, 11) is 0. The molecule has 134 valence electrons. The molecular weight excluding hydrogens is 344 g/mol. The zero-order valence-corrected chi connectivity index (χ0v) is 15.7. The largest absolute Gasteiger partial charge is 0.355 e. The summed E-state index contributed by atoms with van der Waals surface area (Å²) in [6, 6.07) is 4.34. The van der Waals surface area contributed by atoms with Crippen LogP contribution in [-0.4, -0.2) is 51.2 Å². The van der Waals surface area contributed by atoms with E-state index in [4.69, 9.17) is 0 Å². The SMILES string of the molecule is CCc1cc2c(N3CCC4(CN(Cc5ccnnc5)C4)C3)ncnc2s1. The molecule has 0 unspecified atom stereocenters. The van der Waals surface area contributed by atoms with Gasteiger partial charge in [-0.05, 0) is 30.5 Å². The number of fused-ring (bicyclic) bond motifs is 1. The van der Waals surface area contributed by atoms with E-state index in [0.717, 1.165) is 49.8 Å². The second-order valence-electron chi connectivity index (χ2n) is 7.55. The molecule has 2 saturated heterocycles. The van der Waals surface area contributed by atoms with Gasteiger partial charge >= 0.3 is 0 Å². The molecule has 2 aliphatic heterocycles. The van der Waals surface area contributed by atoms with Gasteiger partial charge < -0.3 is 4.90 Å². The van der Waals surface area contributed by atoms with E-state index >= 15 is 0 Å². The van der Waals surface area contributed by atoms with Crippen LogP contribution in [0.2, 0.25) is 0 Å². The van der Waals surface area contributed by atoms with Crippen molar-refractivity contribution in [2.45, 2.75) is 26.3 Å². The third-order valence-corrected chi connectivity index (χ3v) is 6.80. The van der Waals surface area contributed by atoms with E-state index in [9.17, 15) is 0 Å². The van der Waals surface area contributed by atoms with E-state index in [1.54, 1.807) is 23.9 Å². The maximum Gasteiger partial charge on any atom is 0.140 e. The number of thiophene rings is 1. The van der Waals surface area contributed by atoms with Crippen molar-refractivity contribution in [1.29, 1.82) is 0 Å². The zero-order chi connectivity index (χ0) is 17.6. The topological polar surface area (TPSA) is 58.0 Å². The lowest BCUT2D eigenvalue weighted by molar-refractivity contribution is 0.0116. The molecule has 5 heterocycles. The van der Waals surface area contributed by atoms with Crippen molar-refractivity contribution in [3.8, 4) is 0 Å². The normalized spacial score (nSPS) is 19.3. The van der Waals surface area contributed by atoms with Crippen LogP contribution in [0.4, 0.5) is 5.82 Å². The molecule has 0 aromatic carbocycles. The van der Waals surface area contributed by atoms with E-state index in [2.05, 4.69) is 49.0 Å². The number of likely N-dealkylation sites (tertiary alicyclic amines) is 1. The lowest BCUT2D eigenvalue weighted by atomic mass is 9.79. The van der Waals surface area contributed by atoms with Crippen LogP contribution in [0, 0.1) is 5.41 Å². The second kappa shape index (κ2) is 6.25. The van der Waals surface area contributed by atoms with Crippen LogP contribution in [0.1, 0.15) is 23.8 Å². The Morgan fingerprint density at radius 1 is 1.19 bits per heavy atom. The number of nitrogens with zero attached hydrogens (tertiary/aromatic N) is 6. The number of hydrogen-bond donors (Lipinski definition) is 0. The van der Waals surface area contributed by atoms with Gasteiger partial charge in [0.1, 0.15) is 17.0 Å². The highest BCUT2D eigenvalue weighted by Gasteiger charge is 2.47. The van der Waals surface area contributed by atoms with E-state index in [1.807, 2.05) is 6.20 Å². The van der Waals surface area contributed by atoms with Crippen LogP contribution < -0.4 is 4.90 Å². The van der Waals surface area contributed by atoms with Crippen molar-refractivity contribution in [2.75, 3.05) is 31.1 Å². The lowest BCUT2D eigenvalue weighted by Crippen LogP contribution is -2.56. The predicted molar refractivity (Wildman–Crippen MR) is 103 cm³/mol. The third kappa shape index (κ3) is 2.75. The van der Waals surface area contributed by atoms with E-state index in [0.29, 0.717) is 5.41 Å². The number of aryl methyl sites for hydroxylation is 1. The molecule has 5 rings (SSSR count). The van der Waals surface area contributed by atoms with Crippen molar-refractivity contribution in [2.24, 2.45) is 5.41 Å². The fourth-order valence-corrected chi connectivity index (χ4v) is 5.31. The third-order valence-electron chi connectivity index (χ3n) is 5.62. The average Bonchev–Trinajstić information content (AvgIpc) is 3.26. The fourth-order valence-electron chi connectivity index (χ4n) is 4.38. The van der Waals surface area contributed by atoms with Gasteiger partial charge in [-0.25, -0.2) is 9.97 Å². The van der Waals surface area contributed by atoms with Crippen molar-refractivity contribution >= 4 is 27.4 Å². The molecule has 2 aliphatic rings. The zero-order valence-electron chi connectivity index (χ0n) is 14.9. The molecule has 3 aromatic rings. The van der Waals surface area contributed by atoms with Crippen LogP contribution in [0.5, 0.6) is 0 Å². The number of hydrogen-bond acceptors (Lipinski definition) is 7. The molecule has 1 spiro atoms. The van der Waals surface area contributed by atoms with Crippen LogP contribution in [0.3, 0.4) is 0 Å². The van der Waals surface area contributed by atoms with Gasteiger partial charge in [0.25, 0.3) is 0 Å². The molecule has 6 nitrogen and oxygen atoms in total. The molecule has 0 N–H and O–H groups in total. The highest BCUT2D eigenvalue weighted by Crippen LogP contribution is 2.43. The minimum Gasteiger partial charge on any atom is -0.355 e. The minimum atomic E-state index is 0.418. The summed E-state index contributed by atoms with van der Waals surface area (Å²) in [6.45, 7) is 7.67. The first kappa shape index (κ1) is 16.1. The molecule has 0 radical (unpaired) electrons. The minimum absolute atomic E-state index is 0.418. The Labute approximate surface area is 156 Å². The predicted octanol–water partition coefficient (Wildman–Crippen LogP) is 2.76. The summed E-state index contributed by atoms with van der Waals surface area (Å²) in [5.74, 6) is 1.12. The van der Waals surface area contributed by atoms with Crippen molar-refractivity contribution < 1.29 is 0 Å². The van der Waals surface area contributed by atoms with Gasteiger partial charge in [-0.2, -0.15) is 10.2 Å². The molecule has 0 bridgehead atoms. The molecule has 0 atom stereocenters. The monoisotopic (exact) mass is 366 g/mol. The first-order valence-electron chi connectivity index (χ1n) is 9.21. The Bertz CT molecular complexity index is 918. The highest BCUT2D eigenvalue weighted by molar-refractivity contribution is 7.18. The van der Waals surface area contributed by atoms with Crippen LogP contribution in [0.25, 0.3) is 10.2 Å². The molecular formula is C19H22N6S. The fraction of sp³-hybridized carbons (Fsp3) is 0.474. The van der Waals surface area contributed by atoms with Gasteiger partial charge in [0, 0.05) is 49.2 Å². The highest BCUT2D eigenvalue weighted by atomic mass is 32.1. The summed E-state index contributed by atoms with van der Waals surface area (Å²) in [5, 5.41) is 9.06. The van der Waals surface area contributed by atoms with Gasteiger partial charge in [0.05, 0.1) is 11.6 Å². The average molecular weight is 366 g/mol. The summed E-state index contributed by atoms with van der Waals surface area (Å²) >= 11 is 1.79. The van der Waals surface area contributed by atoms with Gasteiger partial charge in [-0.15, -0.1) is 11.3 Å². The van der Waals surface area contributed by atoms with Crippen LogP contribution in [0.15, 0.2) is 30.9 Å². The number of rotatable bonds is 4. The van der Waals surface area contributed by atoms with Crippen molar-refractivity contribution in [3.05, 3.63) is 41.3 Å². The van der Waals surface area contributed by atoms with Gasteiger partial charge in [0.2, 0.25) is 0 Å². The standard InChI is InChI=1S/C19H22N6S/c1-2-15-7-16-17(20-13-21-18(16)26-15)25-6-4-19(12-25)10-24(11-19)9-14-3-5-22-23-8-14/h3,5,7-8,13H,2,4,6,9-12H2,1H3. The summed E-state index contributed by atoms with van der Waals surface area (Å²) in [6.07, 6.45) is 7.67. The lowest BCUT2D eigenvalue weighted by Gasteiger charge is -2.48. The van der Waals surface area contributed by atoms with Gasteiger partial charge in [-0.1, -0.05) is 6.92 Å². The molecule has 3 aromatic heterocycles. The second-order valence-corrected chi connectivity index (χ2v) is 8.66. The summed E-state index contributed by atoms with van der Waals surface area (Å²) in [5.41, 5.74) is 1.66. The first-order valence-corrected chi connectivity index (χ1v) is 10.0. The van der Waals surface area contributed by atoms with Crippen molar-refractivity contribution in [1.82, 2.24) is 25.1 Å².